The SMILES string of the molecule is Nc1c(C(=O)NCC(O)(CO)C(F)(F)F)cnn1-c1ccccc1. The first-order chi connectivity index (χ1) is 11.2. The lowest BCUT2D eigenvalue weighted by Crippen LogP contribution is -2.56. The van der Waals surface area contributed by atoms with Crippen LogP contribution in [0.3, 0.4) is 0 Å². The maximum absolute atomic E-state index is 12.7. The molecule has 130 valence electrons. The molecule has 0 saturated heterocycles. The van der Waals surface area contributed by atoms with E-state index in [0.29, 0.717) is 5.69 Å². The van der Waals surface area contributed by atoms with E-state index >= 15 is 0 Å². The molecule has 0 radical (unpaired) electrons. The molecule has 10 heteroatoms. The molecule has 0 saturated carbocycles. The summed E-state index contributed by atoms with van der Waals surface area (Å²) in [5, 5.41) is 23.9. The van der Waals surface area contributed by atoms with Crippen LogP contribution in [0.2, 0.25) is 0 Å². The number of alkyl halides is 3. The van der Waals surface area contributed by atoms with Crippen molar-refractivity contribution in [1.82, 2.24) is 15.1 Å². The van der Waals surface area contributed by atoms with E-state index in [0.717, 1.165) is 6.20 Å². The standard InChI is InChI=1S/C14H15F3N4O3/c15-14(16,17)13(24,8-22)7-19-12(23)10-6-20-21(11(10)18)9-4-2-1-3-5-9/h1-6,22,24H,7-8,18H2,(H,19,23). The van der Waals surface area contributed by atoms with Crippen LogP contribution < -0.4 is 11.1 Å². The molecule has 0 aliphatic rings. The second-order valence-electron chi connectivity index (χ2n) is 5.06. The van der Waals surface area contributed by atoms with Crippen LogP contribution in [-0.4, -0.2) is 50.8 Å². The van der Waals surface area contributed by atoms with Crippen molar-refractivity contribution in [2.45, 2.75) is 11.8 Å². The molecule has 1 heterocycles. The number of carbonyl (C=O) groups excluding carboxylic acids is 1. The summed E-state index contributed by atoms with van der Waals surface area (Å²) in [6.45, 7) is -2.81. The van der Waals surface area contributed by atoms with Gasteiger partial charge in [-0.1, -0.05) is 18.2 Å². The number of anilines is 1. The molecule has 1 aromatic heterocycles. The summed E-state index contributed by atoms with van der Waals surface area (Å²) in [5.74, 6) is -1.02. The second kappa shape index (κ2) is 6.49. The maximum Gasteiger partial charge on any atom is 0.421 e. The normalized spacial score (nSPS) is 14.2. The van der Waals surface area contributed by atoms with Crippen molar-refractivity contribution in [3.8, 4) is 5.69 Å². The van der Waals surface area contributed by atoms with Crippen LogP contribution in [0.15, 0.2) is 36.5 Å². The number of aliphatic hydroxyl groups is 2. The molecule has 0 fully saturated rings. The number of carbonyl (C=O) groups is 1. The van der Waals surface area contributed by atoms with Gasteiger partial charge in [0.1, 0.15) is 11.4 Å². The van der Waals surface area contributed by atoms with Gasteiger partial charge in [0.05, 0.1) is 25.0 Å². The van der Waals surface area contributed by atoms with Crippen LogP contribution in [0.1, 0.15) is 10.4 Å². The van der Waals surface area contributed by atoms with Gasteiger partial charge in [0, 0.05) is 0 Å². The fourth-order valence-electron chi connectivity index (χ4n) is 1.88. The summed E-state index contributed by atoms with van der Waals surface area (Å²) in [5.41, 5.74) is 2.78. The van der Waals surface area contributed by atoms with E-state index in [2.05, 4.69) is 5.10 Å². The van der Waals surface area contributed by atoms with Gasteiger partial charge in [0.15, 0.2) is 0 Å². The van der Waals surface area contributed by atoms with E-state index in [1.165, 1.54) is 4.68 Å². The quantitative estimate of drug-likeness (QED) is 0.630. The van der Waals surface area contributed by atoms with Crippen LogP contribution in [-0.2, 0) is 0 Å². The first-order valence-electron chi connectivity index (χ1n) is 6.77. The number of hydrogen-bond donors (Lipinski definition) is 4. The molecule has 1 atom stereocenters. The second-order valence-corrected chi connectivity index (χ2v) is 5.06. The van der Waals surface area contributed by atoms with Gasteiger partial charge in [-0.05, 0) is 12.1 Å². The maximum atomic E-state index is 12.7. The molecule has 0 aliphatic heterocycles. The number of nitrogens with one attached hydrogen (secondary N) is 1. The Balaban J connectivity index is 2.16. The van der Waals surface area contributed by atoms with Gasteiger partial charge in [-0.25, -0.2) is 4.68 Å². The zero-order chi connectivity index (χ0) is 18.0. The van der Waals surface area contributed by atoms with Gasteiger partial charge in [-0.15, -0.1) is 0 Å². The monoisotopic (exact) mass is 344 g/mol. The molecule has 0 aliphatic carbocycles. The fraction of sp³-hybridized carbons (Fsp3) is 0.286. The van der Waals surface area contributed by atoms with E-state index in [9.17, 15) is 23.1 Å². The molecule has 5 N–H and O–H groups in total. The lowest BCUT2D eigenvalue weighted by Gasteiger charge is -2.28. The first-order valence-corrected chi connectivity index (χ1v) is 6.77. The Morgan fingerprint density at radius 3 is 2.46 bits per heavy atom. The lowest BCUT2D eigenvalue weighted by atomic mass is 10.1. The zero-order valence-corrected chi connectivity index (χ0v) is 12.3. The van der Waals surface area contributed by atoms with E-state index in [1.54, 1.807) is 30.3 Å². The van der Waals surface area contributed by atoms with Crippen molar-refractivity contribution >= 4 is 11.7 Å². The van der Waals surface area contributed by atoms with Gasteiger partial charge in [0.2, 0.25) is 5.60 Å². The van der Waals surface area contributed by atoms with Crippen molar-refractivity contribution < 1.29 is 28.2 Å². The Kier molecular flexibility index (Phi) is 4.81. The highest BCUT2D eigenvalue weighted by atomic mass is 19.4. The number of aromatic nitrogens is 2. The fourth-order valence-corrected chi connectivity index (χ4v) is 1.88. The van der Waals surface area contributed by atoms with Crippen LogP contribution in [0.5, 0.6) is 0 Å². The Hall–Kier alpha value is -2.59. The first kappa shape index (κ1) is 17.8. The molecule has 24 heavy (non-hydrogen) atoms. The van der Waals surface area contributed by atoms with E-state index < -0.39 is 30.8 Å². The molecular weight excluding hydrogens is 329 g/mol. The number of amides is 1. The number of benzene rings is 1. The molecule has 1 amide bonds. The summed E-state index contributed by atoms with van der Waals surface area (Å²) < 4.78 is 39.2. The molecule has 2 aromatic rings. The smallest absolute Gasteiger partial charge is 0.393 e. The van der Waals surface area contributed by atoms with E-state index in [1.807, 2.05) is 5.32 Å². The highest BCUT2D eigenvalue weighted by molar-refractivity contribution is 5.98. The van der Waals surface area contributed by atoms with Crippen molar-refractivity contribution in [3.05, 3.63) is 42.1 Å². The summed E-state index contributed by atoms with van der Waals surface area (Å²) in [6.07, 6.45) is -4.00. The lowest BCUT2D eigenvalue weighted by molar-refractivity contribution is -0.267. The van der Waals surface area contributed by atoms with Crippen LogP contribution in [0.25, 0.3) is 5.69 Å². The van der Waals surface area contributed by atoms with Gasteiger partial charge in [-0.2, -0.15) is 18.3 Å². The highest BCUT2D eigenvalue weighted by Crippen LogP contribution is 2.29. The number of nitrogens with zero attached hydrogens (tertiary/aromatic N) is 2. The topological polar surface area (TPSA) is 113 Å². The minimum atomic E-state index is -5.10. The molecule has 1 aromatic carbocycles. The number of nitrogens with two attached hydrogens (primary N) is 1. The third kappa shape index (κ3) is 3.34. The minimum Gasteiger partial charge on any atom is -0.393 e. The van der Waals surface area contributed by atoms with Gasteiger partial charge < -0.3 is 21.3 Å². The van der Waals surface area contributed by atoms with Crippen LogP contribution in [0, 0.1) is 0 Å². The highest BCUT2D eigenvalue weighted by Gasteiger charge is 2.53. The van der Waals surface area contributed by atoms with Gasteiger partial charge in [-0.3, -0.25) is 4.79 Å². The molecule has 2 rings (SSSR count). The molecular formula is C14H15F3N4O3. The Morgan fingerprint density at radius 1 is 1.29 bits per heavy atom. The summed E-state index contributed by atoms with van der Waals surface area (Å²) >= 11 is 0. The zero-order valence-electron chi connectivity index (χ0n) is 12.3. The predicted octanol–water partition coefficient (Wildman–Crippen LogP) is 0.470. The van der Waals surface area contributed by atoms with Crippen molar-refractivity contribution in [2.24, 2.45) is 0 Å². The summed E-state index contributed by atoms with van der Waals surface area (Å²) in [6, 6.07) is 8.57. The average molecular weight is 344 g/mol. The number of aliphatic hydroxyl groups excluding tert-OH is 1. The van der Waals surface area contributed by atoms with Crippen LogP contribution >= 0.6 is 0 Å². The third-order valence-electron chi connectivity index (χ3n) is 3.38. The molecule has 0 spiro atoms. The molecule has 1 unspecified atom stereocenters. The average Bonchev–Trinajstić information content (AvgIpc) is 2.93. The van der Waals surface area contributed by atoms with Crippen LogP contribution in [0.4, 0.5) is 19.0 Å². The van der Waals surface area contributed by atoms with E-state index in [4.69, 9.17) is 10.8 Å². The molecule has 0 bridgehead atoms. The van der Waals surface area contributed by atoms with Crippen molar-refractivity contribution in [3.63, 3.8) is 0 Å². The van der Waals surface area contributed by atoms with Gasteiger partial charge in [0.25, 0.3) is 5.91 Å². The Bertz CT molecular complexity index is 718. The number of hydrogen-bond acceptors (Lipinski definition) is 5. The summed E-state index contributed by atoms with van der Waals surface area (Å²) in [7, 11) is 0. The number of nitrogen functional groups attached to an aromatic ring is 1. The number of rotatable bonds is 5. The van der Waals surface area contributed by atoms with Crippen molar-refractivity contribution in [2.75, 3.05) is 18.9 Å². The number of para-hydroxylation sites is 1. The van der Waals surface area contributed by atoms with E-state index in [-0.39, 0.29) is 11.4 Å². The molecule has 7 nitrogen and oxygen atoms in total. The predicted molar refractivity (Wildman–Crippen MR) is 78.4 cm³/mol. The third-order valence-corrected chi connectivity index (χ3v) is 3.38. The Morgan fingerprint density at radius 2 is 1.92 bits per heavy atom. The Labute approximate surface area is 134 Å². The van der Waals surface area contributed by atoms with Gasteiger partial charge >= 0.3 is 6.18 Å². The summed E-state index contributed by atoms with van der Waals surface area (Å²) in [4.78, 5) is 12.0. The number of halogens is 3. The largest absolute Gasteiger partial charge is 0.421 e. The van der Waals surface area contributed by atoms with Crippen molar-refractivity contribution in [1.29, 1.82) is 0 Å². The minimum absolute atomic E-state index is 0.0711.